The Hall–Kier alpha value is -0.610. The van der Waals surface area contributed by atoms with E-state index in [0.717, 1.165) is 5.13 Å². The quantitative estimate of drug-likeness (QED) is 0.774. The van der Waals surface area contributed by atoms with Gasteiger partial charge < -0.3 is 10.0 Å². The van der Waals surface area contributed by atoms with Gasteiger partial charge in [-0.3, -0.25) is 0 Å². The number of nitrogens with zero attached hydrogens (tertiary/aromatic N) is 2. The van der Waals surface area contributed by atoms with Crippen LogP contribution in [-0.4, -0.2) is 29.3 Å². The molecule has 0 amide bonds. The highest BCUT2D eigenvalue weighted by atomic mass is 32.1. The SMILES string of the molecule is CN(c1nccs1)C(C)(C)CO. The molecule has 0 radical (unpaired) electrons. The molecular formula is C8H14N2OS. The second-order valence-electron chi connectivity index (χ2n) is 3.34. The summed E-state index contributed by atoms with van der Waals surface area (Å²) in [5.41, 5.74) is -0.238. The van der Waals surface area contributed by atoms with Crippen LogP contribution in [0.3, 0.4) is 0 Å². The van der Waals surface area contributed by atoms with Crippen molar-refractivity contribution in [1.82, 2.24) is 4.98 Å². The molecule has 0 saturated carbocycles. The summed E-state index contributed by atoms with van der Waals surface area (Å²) in [4.78, 5) is 6.15. The number of hydrogen-bond acceptors (Lipinski definition) is 4. The zero-order valence-electron chi connectivity index (χ0n) is 7.61. The number of aliphatic hydroxyl groups excluding tert-OH is 1. The van der Waals surface area contributed by atoms with Gasteiger partial charge in [0, 0.05) is 18.6 Å². The van der Waals surface area contributed by atoms with Crippen molar-refractivity contribution in [2.75, 3.05) is 18.6 Å². The Kier molecular flexibility index (Phi) is 2.69. The van der Waals surface area contributed by atoms with Crippen LogP contribution in [0.2, 0.25) is 0 Å². The molecule has 0 aliphatic carbocycles. The topological polar surface area (TPSA) is 36.4 Å². The van der Waals surface area contributed by atoms with Crippen molar-refractivity contribution in [3.63, 3.8) is 0 Å². The van der Waals surface area contributed by atoms with Crippen molar-refractivity contribution in [3.05, 3.63) is 11.6 Å². The molecule has 4 heteroatoms. The monoisotopic (exact) mass is 186 g/mol. The van der Waals surface area contributed by atoms with E-state index in [1.165, 1.54) is 0 Å². The molecule has 0 spiro atoms. The number of aliphatic hydroxyl groups is 1. The fourth-order valence-corrected chi connectivity index (χ4v) is 1.52. The van der Waals surface area contributed by atoms with Gasteiger partial charge in [0.1, 0.15) is 0 Å². The molecular weight excluding hydrogens is 172 g/mol. The first-order valence-corrected chi connectivity index (χ1v) is 4.70. The van der Waals surface area contributed by atoms with Crippen LogP contribution in [0.4, 0.5) is 5.13 Å². The minimum absolute atomic E-state index is 0.128. The normalized spacial score (nSPS) is 11.7. The molecule has 0 atom stereocenters. The van der Waals surface area contributed by atoms with Gasteiger partial charge in [-0.05, 0) is 13.8 Å². The molecule has 1 rings (SSSR count). The Morgan fingerprint density at radius 2 is 2.33 bits per heavy atom. The lowest BCUT2D eigenvalue weighted by Gasteiger charge is -2.33. The molecule has 0 fully saturated rings. The summed E-state index contributed by atoms with van der Waals surface area (Å²) < 4.78 is 0. The van der Waals surface area contributed by atoms with Crippen LogP contribution < -0.4 is 4.90 Å². The molecule has 68 valence electrons. The lowest BCUT2D eigenvalue weighted by atomic mass is 10.1. The minimum atomic E-state index is -0.238. The van der Waals surface area contributed by atoms with E-state index in [4.69, 9.17) is 5.11 Å². The number of likely N-dealkylation sites (N-methyl/N-ethyl adjacent to an activating group) is 1. The summed E-state index contributed by atoms with van der Waals surface area (Å²) >= 11 is 1.58. The van der Waals surface area contributed by atoms with Gasteiger partial charge >= 0.3 is 0 Å². The average molecular weight is 186 g/mol. The van der Waals surface area contributed by atoms with Crippen LogP contribution in [-0.2, 0) is 0 Å². The maximum Gasteiger partial charge on any atom is 0.185 e. The highest BCUT2D eigenvalue weighted by molar-refractivity contribution is 7.13. The Morgan fingerprint density at radius 1 is 1.67 bits per heavy atom. The summed E-state index contributed by atoms with van der Waals surface area (Å²) in [6, 6.07) is 0. The van der Waals surface area contributed by atoms with E-state index < -0.39 is 0 Å². The van der Waals surface area contributed by atoms with Crippen LogP contribution in [0.15, 0.2) is 11.6 Å². The van der Waals surface area contributed by atoms with Crippen LogP contribution in [0.1, 0.15) is 13.8 Å². The molecule has 0 bridgehead atoms. The van der Waals surface area contributed by atoms with Crippen molar-refractivity contribution >= 4 is 16.5 Å². The molecule has 1 aromatic heterocycles. The molecule has 0 aromatic carbocycles. The van der Waals surface area contributed by atoms with Gasteiger partial charge in [0.25, 0.3) is 0 Å². The zero-order chi connectivity index (χ0) is 9.19. The summed E-state index contributed by atoms with van der Waals surface area (Å²) in [7, 11) is 1.94. The Balaban J connectivity index is 2.78. The van der Waals surface area contributed by atoms with E-state index in [-0.39, 0.29) is 12.1 Å². The summed E-state index contributed by atoms with van der Waals surface area (Å²) in [5.74, 6) is 0. The molecule has 0 aliphatic heterocycles. The lowest BCUT2D eigenvalue weighted by molar-refractivity contribution is 0.216. The fraction of sp³-hybridized carbons (Fsp3) is 0.625. The number of hydrogen-bond donors (Lipinski definition) is 1. The first kappa shape index (κ1) is 9.48. The molecule has 12 heavy (non-hydrogen) atoms. The third-order valence-corrected chi connectivity index (χ3v) is 2.85. The van der Waals surface area contributed by atoms with E-state index in [9.17, 15) is 0 Å². The van der Waals surface area contributed by atoms with E-state index in [1.807, 2.05) is 31.2 Å². The van der Waals surface area contributed by atoms with E-state index in [1.54, 1.807) is 17.5 Å². The fourth-order valence-electron chi connectivity index (χ4n) is 0.747. The average Bonchev–Trinajstić information content (AvgIpc) is 2.55. The van der Waals surface area contributed by atoms with Gasteiger partial charge in [0.05, 0.1) is 12.1 Å². The van der Waals surface area contributed by atoms with Gasteiger partial charge in [-0.25, -0.2) is 4.98 Å². The zero-order valence-corrected chi connectivity index (χ0v) is 8.43. The van der Waals surface area contributed by atoms with Crippen LogP contribution in [0.5, 0.6) is 0 Å². The number of rotatable bonds is 3. The second kappa shape index (κ2) is 3.41. The van der Waals surface area contributed by atoms with Crippen molar-refractivity contribution in [3.8, 4) is 0 Å². The van der Waals surface area contributed by atoms with Gasteiger partial charge in [0.2, 0.25) is 0 Å². The number of thiazole rings is 1. The lowest BCUT2D eigenvalue weighted by Crippen LogP contribution is -2.44. The molecule has 0 aliphatic rings. The number of aromatic nitrogens is 1. The maximum atomic E-state index is 9.10. The third kappa shape index (κ3) is 1.76. The smallest absolute Gasteiger partial charge is 0.185 e. The van der Waals surface area contributed by atoms with Crippen LogP contribution in [0, 0.1) is 0 Å². The third-order valence-electron chi connectivity index (χ3n) is 2.00. The largest absolute Gasteiger partial charge is 0.394 e. The standard InChI is InChI=1S/C8H14N2OS/c1-8(2,6-11)10(3)7-9-4-5-12-7/h4-5,11H,6H2,1-3H3. The van der Waals surface area contributed by atoms with Gasteiger partial charge in [-0.1, -0.05) is 0 Å². The maximum absolute atomic E-state index is 9.10. The molecule has 1 heterocycles. The van der Waals surface area contributed by atoms with Gasteiger partial charge in [0.15, 0.2) is 5.13 Å². The summed E-state index contributed by atoms with van der Waals surface area (Å²) in [5, 5.41) is 12.0. The van der Waals surface area contributed by atoms with Gasteiger partial charge in [-0.15, -0.1) is 11.3 Å². The first-order chi connectivity index (χ1) is 5.58. The predicted molar refractivity (Wildman–Crippen MR) is 51.7 cm³/mol. The Bertz CT molecular complexity index is 233. The molecule has 0 saturated heterocycles. The minimum Gasteiger partial charge on any atom is -0.394 e. The van der Waals surface area contributed by atoms with Crippen molar-refractivity contribution in [2.24, 2.45) is 0 Å². The van der Waals surface area contributed by atoms with Crippen molar-refractivity contribution < 1.29 is 5.11 Å². The van der Waals surface area contributed by atoms with Crippen LogP contribution in [0.25, 0.3) is 0 Å². The van der Waals surface area contributed by atoms with Crippen molar-refractivity contribution in [2.45, 2.75) is 19.4 Å². The molecule has 1 N–H and O–H groups in total. The highest BCUT2D eigenvalue weighted by Gasteiger charge is 2.23. The summed E-state index contributed by atoms with van der Waals surface area (Å²) in [6.45, 7) is 4.09. The summed E-state index contributed by atoms with van der Waals surface area (Å²) in [6.07, 6.45) is 1.77. The first-order valence-electron chi connectivity index (χ1n) is 3.82. The van der Waals surface area contributed by atoms with Crippen LogP contribution >= 0.6 is 11.3 Å². The van der Waals surface area contributed by atoms with E-state index in [2.05, 4.69) is 4.98 Å². The second-order valence-corrected chi connectivity index (χ2v) is 4.22. The molecule has 1 aromatic rings. The highest BCUT2D eigenvalue weighted by Crippen LogP contribution is 2.23. The van der Waals surface area contributed by atoms with E-state index in [0.29, 0.717) is 0 Å². The number of anilines is 1. The van der Waals surface area contributed by atoms with Crippen molar-refractivity contribution in [1.29, 1.82) is 0 Å². The Morgan fingerprint density at radius 3 is 2.75 bits per heavy atom. The van der Waals surface area contributed by atoms with E-state index >= 15 is 0 Å². The molecule has 3 nitrogen and oxygen atoms in total. The predicted octanol–water partition coefficient (Wildman–Crippen LogP) is 1.35. The van der Waals surface area contributed by atoms with Gasteiger partial charge in [-0.2, -0.15) is 0 Å². The molecule has 0 unspecified atom stereocenters. The Labute approximate surface area is 76.7 Å².